The fourth-order valence-electron chi connectivity index (χ4n) is 1.49. The van der Waals surface area contributed by atoms with E-state index in [1.165, 1.54) is 0 Å². The number of aryl methyl sites for hydroxylation is 1. The number of hydrogen-bond donors (Lipinski definition) is 2. The van der Waals surface area contributed by atoms with Gasteiger partial charge in [-0.1, -0.05) is 19.9 Å². The average molecular weight is 376 g/mol. The summed E-state index contributed by atoms with van der Waals surface area (Å²) >= 11 is 0. The van der Waals surface area contributed by atoms with Gasteiger partial charge in [-0.05, 0) is 31.9 Å². The van der Waals surface area contributed by atoms with Crippen LogP contribution in [0.1, 0.15) is 32.2 Å². The molecule has 1 rings (SSSR count). The number of nitrogens with one attached hydrogen (secondary N) is 2. The summed E-state index contributed by atoms with van der Waals surface area (Å²) < 4.78 is 0. The summed E-state index contributed by atoms with van der Waals surface area (Å²) in [5.41, 5.74) is 2.03. The predicted octanol–water partition coefficient (Wildman–Crippen LogP) is 2.72. The van der Waals surface area contributed by atoms with Crippen LogP contribution in [0.3, 0.4) is 0 Å². The van der Waals surface area contributed by atoms with Crippen molar-refractivity contribution in [2.45, 2.75) is 34.2 Å². The molecule has 0 saturated carbocycles. The minimum Gasteiger partial charge on any atom is -0.357 e. The van der Waals surface area contributed by atoms with Gasteiger partial charge in [0.2, 0.25) is 0 Å². The maximum absolute atomic E-state index is 4.53. The van der Waals surface area contributed by atoms with Crippen molar-refractivity contribution in [2.75, 3.05) is 13.1 Å². The van der Waals surface area contributed by atoms with E-state index in [1.54, 1.807) is 0 Å². The molecule has 0 bridgehead atoms. The minimum absolute atomic E-state index is 0. The first-order valence-corrected chi connectivity index (χ1v) is 6.56. The van der Waals surface area contributed by atoms with Crippen LogP contribution in [0.15, 0.2) is 23.2 Å². The number of rotatable bonds is 5. The van der Waals surface area contributed by atoms with E-state index in [0.29, 0.717) is 12.5 Å². The van der Waals surface area contributed by atoms with Crippen molar-refractivity contribution in [3.05, 3.63) is 29.6 Å². The van der Waals surface area contributed by atoms with Gasteiger partial charge in [0.25, 0.3) is 0 Å². The quantitative estimate of drug-likeness (QED) is 0.472. The SMILES string of the molecule is CCNC(=NCc1cccc(C)n1)NCC(C)C.I. The largest absolute Gasteiger partial charge is 0.357 e. The molecule has 0 aliphatic rings. The molecule has 1 aromatic heterocycles. The molecule has 108 valence electrons. The van der Waals surface area contributed by atoms with Gasteiger partial charge in [0.1, 0.15) is 0 Å². The molecule has 4 nitrogen and oxygen atoms in total. The van der Waals surface area contributed by atoms with Crippen LogP contribution in [0.2, 0.25) is 0 Å². The Kier molecular flexibility index (Phi) is 9.55. The van der Waals surface area contributed by atoms with Crippen LogP contribution in [0.4, 0.5) is 0 Å². The first-order chi connectivity index (χ1) is 8.61. The second-order valence-electron chi connectivity index (χ2n) is 4.74. The zero-order valence-electron chi connectivity index (χ0n) is 12.2. The van der Waals surface area contributed by atoms with Gasteiger partial charge < -0.3 is 10.6 Å². The monoisotopic (exact) mass is 376 g/mol. The maximum atomic E-state index is 4.53. The number of guanidine groups is 1. The molecule has 0 aliphatic heterocycles. The third-order valence-corrected chi connectivity index (χ3v) is 2.37. The molecular formula is C14H25IN4. The van der Waals surface area contributed by atoms with Crippen molar-refractivity contribution in [3.63, 3.8) is 0 Å². The summed E-state index contributed by atoms with van der Waals surface area (Å²) in [7, 11) is 0. The topological polar surface area (TPSA) is 49.3 Å². The standard InChI is InChI=1S/C14H24N4.HI/c1-5-15-14(16-9-11(2)3)17-10-13-8-6-7-12(4)18-13;/h6-8,11H,5,9-10H2,1-4H3,(H2,15,16,17);1H. The van der Waals surface area contributed by atoms with Gasteiger partial charge in [-0.15, -0.1) is 24.0 Å². The lowest BCUT2D eigenvalue weighted by atomic mass is 10.2. The van der Waals surface area contributed by atoms with Crippen molar-refractivity contribution in [2.24, 2.45) is 10.9 Å². The molecule has 1 aromatic rings. The van der Waals surface area contributed by atoms with E-state index in [-0.39, 0.29) is 24.0 Å². The number of nitrogens with zero attached hydrogens (tertiary/aromatic N) is 2. The third kappa shape index (κ3) is 8.02. The van der Waals surface area contributed by atoms with Crippen molar-refractivity contribution in [1.82, 2.24) is 15.6 Å². The molecule has 0 atom stereocenters. The predicted molar refractivity (Wildman–Crippen MR) is 92.0 cm³/mol. The van der Waals surface area contributed by atoms with Crippen LogP contribution in [0.5, 0.6) is 0 Å². The van der Waals surface area contributed by atoms with Crippen molar-refractivity contribution < 1.29 is 0 Å². The first-order valence-electron chi connectivity index (χ1n) is 6.56. The molecule has 0 fully saturated rings. The van der Waals surface area contributed by atoms with Crippen LogP contribution in [-0.4, -0.2) is 24.0 Å². The zero-order valence-corrected chi connectivity index (χ0v) is 14.6. The molecule has 0 saturated heterocycles. The molecule has 1 heterocycles. The number of pyridine rings is 1. The summed E-state index contributed by atoms with van der Waals surface area (Å²) in [6.45, 7) is 10.8. The van der Waals surface area contributed by atoms with Crippen molar-refractivity contribution in [1.29, 1.82) is 0 Å². The second-order valence-corrected chi connectivity index (χ2v) is 4.74. The summed E-state index contributed by atoms with van der Waals surface area (Å²) in [6.07, 6.45) is 0. The number of halogens is 1. The molecule has 0 aliphatic carbocycles. The fourth-order valence-corrected chi connectivity index (χ4v) is 1.49. The van der Waals surface area contributed by atoms with Gasteiger partial charge in [0.15, 0.2) is 5.96 Å². The van der Waals surface area contributed by atoms with Crippen molar-refractivity contribution in [3.8, 4) is 0 Å². The van der Waals surface area contributed by atoms with E-state index < -0.39 is 0 Å². The highest BCUT2D eigenvalue weighted by Gasteiger charge is 1.99. The van der Waals surface area contributed by atoms with Crippen LogP contribution < -0.4 is 10.6 Å². The Labute approximate surface area is 133 Å². The Balaban J connectivity index is 0.00000324. The molecule has 0 amide bonds. The molecular weight excluding hydrogens is 351 g/mol. The van der Waals surface area contributed by atoms with Gasteiger partial charge in [-0.2, -0.15) is 0 Å². The molecule has 5 heteroatoms. The van der Waals surface area contributed by atoms with Crippen LogP contribution in [0.25, 0.3) is 0 Å². The van der Waals surface area contributed by atoms with E-state index in [4.69, 9.17) is 0 Å². The summed E-state index contributed by atoms with van der Waals surface area (Å²) in [5, 5.41) is 6.55. The van der Waals surface area contributed by atoms with E-state index in [1.807, 2.05) is 25.1 Å². The number of hydrogen-bond acceptors (Lipinski definition) is 2. The maximum Gasteiger partial charge on any atom is 0.191 e. The van der Waals surface area contributed by atoms with Gasteiger partial charge in [-0.3, -0.25) is 4.98 Å². The highest BCUT2D eigenvalue weighted by atomic mass is 127. The number of aromatic nitrogens is 1. The fraction of sp³-hybridized carbons (Fsp3) is 0.571. The Bertz CT molecular complexity index is 391. The van der Waals surface area contributed by atoms with E-state index in [2.05, 4.69) is 41.4 Å². The molecule has 0 unspecified atom stereocenters. The van der Waals surface area contributed by atoms with Crippen LogP contribution in [-0.2, 0) is 6.54 Å². The van der Waals surface area contributed by atoms with Gasteiger partial charge in [0, 0.05) is 18.8 Å². The Hall–Kier alpha value is -0.850. The summed E-state index contributed by atoms with van der Waals surface area (Å²) in [4.78, 5) is 8.97. The molecule has 0 aromatic carbocycles. The van der Waals surface area contributed by atoms with Crippen LogP contribution in [0, 0.1) is 12.8 Å². The second kappa shape index (κ2) is 10.00. The lowest BCUT2D eigenvalue weighted by molar-refractivity contribution is 0.614. The Morgan fingerprint density at radius 2 is 2.05 bits per heavy atom. The van der Waals surface area contributed by atoms with Gasteiger partial charge in [0.05, 0.1) is 12.2 Å². The van der Waals surface area contributed by atoms with Crippen molar-refractivity contribution >= 4 is 29.9 Å². The molecule has 0 spiro atoms. The molecule has 19 heavy (non-hydrogen) atoms. The van der Waals surface area contributed by atoms with E-state index in [0.717, 1.165) is 30.4 Å². The van der Waals surface area contributed by atoms with Gasteiger partial charge >= 0.3 is 0 Å². The Morgan fingerprint density at radius 1 is 1.32 bits per heavy atom. The van der Waals surface area contributed by atoms with Crippen LogP contribution >= 0.6 is 24.0 Å². The highest BCUT2D eigenvalue weighted by molar-refractivity contribution is 14.0. The lowest BCUT2D eigenvalue weighted by Gasteiger charge is -2.12. The smallest absolute Gasteiger partial charge is 0.191 e. The summed E-state index contributed by atoms with van der Waals surface area (Å²) in [6, 6.07) is 6.01. The van der Waals surface area contributed by atoms with E-state index >= 15 is 0 Å². The third-order valence-electron chi connectivity index (χ3n) is 2.37. The zero-order chi connectivity index (χ0) is 13.4. The highest BCUT2D eigenvalue weighted by Crippen LogP contribution is 1.99. The minimum atomic E-state index is 0. The van der Waals surface area contributed by atoms with Gasteiger partial charge in [-0.25, -0.2) is 4.99 Å². The molecule has 0 radical (unpaired) electrons. The van der Waals surface area contributed by atoms with E-state index in [9.17, 15) is 0 Å². The Morgan fingerprint density at radius 3 is 2.63 bits per heavy atom. The lowest BCUT2D eigenvalue weighted by Crippen LogP contribution is -2.39. The average Bonchev–Trinajstić information content (AvgIpc) is 2.32. The first kappa shape index (κ1) is 18.1. The normalized spacial score (nSPS) is 11.1. The molecule has 2 N–H and O–H groups in total. The number of aliphatic imine (C=N–C) groups is 1. The summed E-state index contributed by atoms with van der Waals surface area (Å²) in [5.74, 6) is 1.46.